The van der Waals surface area contributed by atoms with Gasteiger partial charge in [-0.25, -0.2) is 22.3 Å². The molecule has 0 amide bonds. The zero-order valence-electron chi connectivity index (χ0n) is 11.9. The third kappa shape index (κ3) is 2.68. The molecule has 0 aliphatic carbocycles. The highest BCUT2D eigenvalue weighted by molar-refractivity contribution is 7.90. The highest BCUT2D eigenvalue weighted by Gasteiger charge is 2.19. The number of rotatable bonds is 3. The molecule has 1 aromatic heterocycles. The molecule has 118 valence electrons. The van der Waals surface area contributed by atoms with Crippen molar-refractivity contribution in [3.8, 4) is 5.69 Å². The molecule has 1 N–H and O–H groups in total. The van der Waals surface area contributed by atoms with Gasteiger partial charge in [0.15, 0.2) is 9.84 Å². The molecule has 6 nitrogen and oxygen atoms in total. The molecule has 0 bridgehead atoms. The minimum atomic E-state index is -3.60. The Morgan fingerprint density at radius 3 is 2.43 bits per heavy atom. The van der Waals surface area contributed by atoms with Gasteiger partial charge in [-0.05, 0) is 36.4 Å². The third-order valence-corrected chi connectivity index (χ3v) is 4.48. The second-order valence-corrected chi connectivity index (χ2v) is 7.03. The van der Waals surface area contributed by atoms with Gasteiger partial charge in [0.25, 0.3) is 0 Å². The maximum Gasteiger partial charge on any atom is 0.336 e. The predicted octanol–water partition coefficient (Wildman–Crippen LogP) is 2.27. The summed E-state index contributed by atoms with van der Waals surface area (Å²) in [6.07, 6.45) is 2.34. The SMILES string of the molecule is CS(=O)(=O)c1cc(C(=O)O)c2cnn(-c3ccc(F)cc3)c2c1. The van der Waals surface area contributed by atoms with Crippen molar-refractivity contribution < 1.29 is 22.7 Å². The first-order chi connectivity index (χ1) is 10.8. The summed E-state index contributed by atoms with van der Waals surface area (Å²) in [5, 5.41) is 13.7. The number of aromatic nitrogens is 2. The maximum atomic E-state index is 13.0. The van der Waals surface area contributed by atoms with E-state index >= 15 is 0 Å². The summed E-state index contributed by atoms with van der Waals surface area (Å²) in [6.45, 7) is 0. The van der Waals surface area contributed by atoms with Crippen molar-refractivity contribution >= 4 is 26.7 Å². The lowest BCUT2D eigenvalue weighted by atomic mass is 10.1. The summed E-state index contributed by atoms with van der Waals surface area (Å²) in [5.41, 5.74) is 0.650. The highest BCUT2D eigenvalue weighted by Crippen LogP contribution is 2.26. The van der Waals surface area contributed by atoms with Gasteiger partial charge in [-0.2, -0.15) is 5.10 Å². The van der Waals surface area contributed by atoms with E-state index in [2.05, 4.69) is 5.10 Å². The number of sulfone groups is 1. The van der Waals surface area contributed by atoms with Crippen LogP contribution in [-0.4, -0.2) is 35.5 Å². The minimum absolute atomic E-state index is 0.119. The van der Waals surface area contributed by atoms with Crippen molar-refractivity contribution in [1.29, 1.82) is 0 Å². The molecule has 0 fully saturated rings. The number of nitrogens with zero attached hydrogens (tertiary/aromatic N) is 2. The predicted molar refractivity (Wildman–Crippen MR) is 81.1 cm³/mol. The van der Waals surface area contributed by atoms with Crippen LogP contribution in [0.2, 0.25) is 0 Å². The first kappa shape index (κ1) is 15.2. The fourth-order valence-electron chi connectivity index (χ4n) is 2.28. The number of fused-ring (bicyclic) bond motifs is 1. The molecule has 0 atom stereocenters. The van der Waals surface area contributed by atoms with Gasteiger partial charge in [0.2, 0.25) is 0 Å². The number of benzene rings is 2. The van der Waals surface area contributed by atoms with Gasteiger partial charge < -0.3 is 5.11 Å². The minimum Gasteiger partial charge on any atom is -0.478 e. The van der Waals surface area contributed by atoms with Crippen LogP contribution in [0.1, 0.15) is 10.4 Å². The summed E-state index contributed by atoms with van der Waals surface area (Å²) in [5.74, 6) is -1.67. The highest BCUT2D eigenvalue weighted by atomic mass is 32.2. The van der Waals surface area contributed by atoms with Crippen LogP contribution < -0.4 is 0 Å². The Kier molecular flexibility index (Phi) is 3.41. The Bertz CT molecular complexity index is 1020. The Balaban J connectivity index is 2.36. The smallest absolute Gasteiger partial charge is 0.336 e. The van der Waals surface area contributed by atoms with E-state index in [1.54, 1.807) is 0 Å². The van der Waals surface area contributed by atoms with E-state index in [0.29, 0.717) is 16.6 Å². The lowest BCUT2D eigenvalue weighted by Crippen LogP contribution is -2.04. The molecule has 0 spiro atoms. The van der Waals surface area contributed by atoms with Gasteiger partial charge in [0.05, 0.1) is 27.9 Å². The number of hydrogen-bond donors (Lipinski definition) is 1. The first-order valence-electron chi connectivity index (χ1n) is 6.48. The van der Waals surface area contributed by atoms with Gasteiger partial charge in [-0.1, -0.05) is 0 Å². The molecular formula is C15H11FN2O4S. The van der Waals surface area contributed by atoms with Crippen LogP contribution in [0.25, 0.3) is 16.6 Å². The lowest BCUT2D eigenvalue weighted by Gasteiger charge is -2.07. The van der Waals surface area contributed by atoms with Gasteiger partial charge in [0.1, 0.15) is 5.82 Å². The number of halogens is 1. The van der Waals surface area contributed by atoms with Crippen molar-refractivity contribution in [2.24, 2.45) is 0 Å². The molecule has 0 saturated carbocycles. The fourth-order valence-corrected chi connectivity index (χ4v) is 2.94. The molecule has 3 aromatic rings. The van der Waals surface area contributed by atoms with E-state index in [-0.39, 0.29) is 10.5 Å². The standard InChI is InChI=1S/C15H11FN2O4S/c1-23(21,22)11-6-12(15(19)20)13-8-17-18(14(13)7-11)10-4-2-9(16)3-5-10/h2-8H,1H3,(H,19,20). The van der Waals surface area contributed by atoms with E-state index in [1.807, 2.05) is 0 Å². The summed E-state index contributed by atoms with van der Waals surface area (Å²) in [4.78, 5) is 11.3. The molecule has 0 saturated heterocycles. The maximum absolute atomic E-state index is 13.0. The molecule has 0 radical (unpaired) electrons. The second-order valence-electron chi connectivity index (χ2n) is 5.01. The molecule has 0 unspecified atom stereocenters. The van der Waals surface area contributed by atoms with Crippen LogP contribution in [0.5, 0.6) is 0 Å². The molecule has 3 rings (SSSR count). The number of carbonyl (C=O) groups is 1. The van der Waals surface area contributed by atoms with Crippen LogP contribution in [0.3, 0.4) is 0 Å². The number of carboxylic acid groups (broad SMARTS) is 1. The molecule has 0 aliphatic rings. The summed E-state index contributed by atoms with van der Waals surface area (Å²) in [7, 11) is -3.60. The van der Waals surface area contributed by atoms with Gasteiger partial charge in [0, 0.05) is 11.6 Å². The normalized spacial score (nSPS) is 11.7. The third-order valence-electron chi connectivity index (χ3n) is 3.39. The Labute approximate surface area is 130 Å². The number of hydrogen-bond acceptors (Lipinski definition) is 4. The van der Waals surface area contributed by atoms with E-state index in [1.165, 1.54) is 41.2 Å². The molecule has 8 heteroatoms. The molecule has 23 heavy (non-hydrogen) atoms. The van der Waals surface area contributed by atoms with E-state index < -0.39 is 21.6 Å². The number of aromatic carboxylic acids is 1. The average molecular weight is 334 g/mol. The zero-order valence-corrected chi connectivity index (χ0v) is 12.7. The lowest BCUT2D eigenvalue weighted by molar-refractivity contribution is 0.0699. The van der Waals surface area contributed by atoms with Crippen LogP contribution in [0.15, 0.2) is 47.5 Å². The quantitative estimate of drug-likeness (QED) is 0.793. The van der Waals surface area contributed by atoms with Crippen LogP contribution in [0, 0.1) is 5.82 Å². The van der Waals surface area contributed by atoms with Crippen molar-refractivity contribution in [1.82, 2.24) is 9.78 Å². The first-order valence-corrected chi connectivity index (χ1v) is 8.37. The van der Waals surface area contributed by atoms with Crippen LogP contribution >= 0.6 is 0 Å². The Morgan fingerprint density at radius 1 is 1.22 bits per heavy atom. The zero-order chi connectivity index (χ0) is 16.8. The molecular weight excluding hydrogens is 323 g/mol. The summed E-state index contributed by atoms with van der Waals surface area (Å²) < 4.78 is 38.0. The van der Waals surface area contributed by atoms with Crippen LogP contribution in [0.4, 0.5) is 4.39 Å². The molecule has 1 heterocycles. The monoisotopic (exact) mass is 334 g/mol. The van der Waals surface area contributed by atoms with Crippen molar-refractivity contribution in [2.45, 2.75) is 4.90 Å². The van der Waals surface area contributed by atoms with Crippen molar-refractivity contribution in [2.75, 3.05) is 6.26 Å². The van der Waals surface area contributed by atoms with Crippen molar-refractivity contribution in [3.63, 3.8) is 0 Å². The Morgan fingerprint density at radius 2 is 1.87 bits per heavy atom. The van der Waals surface area contributed by atoms with E-state index in [4.69, 9.17) is 0 Å². The van der Waals surface area contributed by atoms with E-state index in [0.717, 1.165) is 12.3 Å². The fraction of sp³-hybridized carbons (Fsp3) is 0.0667. The van der Waals surface area contributed by atoms with Crippen LogP contribution in [-0.2, 0) is 9.84 Å². The Hall–Kier alpha value is -2.74. The largest absolute Gasteiger partial charge is 0.478 e. The molecule has 2 aromatic carbocycles. The topological polar surface area (TPSA) is 89.3 Å². The summed E-state index contributed by atoms with van der Waals surface area (Å²) in [6, 6.07) is 7.87. The van der Waals surface area contributed by atoms with E-state index in [9.17, 15) is 22.7 Å². The number of carboxylic acids is 1. The second kappa shape index (κ2) is 5.17. The van der Waals surface area contributed by atoms with Gasteiger partial charge in [-0.15, -0.1) is 0 Å². The molecule has 0 aliphatic heterocycles. The van der Waals surface area contributed by atoms with Crippen molar-refractivity contribution in [3.05, 3.63) is 54.0 Å². The van der Waals surface area contributed by atoms with Gasteiger partial charge in [-0.3, -0.25) is 0 Å². The van der Waals surface area contributed by atoms with Gasteiger partial charge >= 0.3 is 5.97 Å². The summed E-state index contributed by atoms with van der Waals surface area (Å²) >= 11 is 0. The average Bonchev–Trinajstić information content (AvgIpc) is 2.90.